The Morgan fingerprint density at radius 1 is 0.871 bits per heavy atom. The lowest BCUT2D eigenvalue weighted by Crippen LogP contribution is -2.49. The van der Waals surface area contributed by atoms with Gasteiger partial charge in [-0.3, -0.25) is 0 Å². The van der Waals surface area contributed by atoms with Crippen LogP contribution in [-0.2, 0) is 10.0 Å². The Hall–Kier alpha value is -3.17. The molecule has 3 aromatic rings. The fourth-order valence-electron chi connectivity index (χ4n) is 3.40. The van der Waals surface area contributed by atoms with Crippen LogP contribution in [-0.4, -0.2) is 56.0 Å². The lowest BCUT2D eigenvalue weighted by molar-refractivity contribution is 0.382. The molecule has 4 rings (SSSR count). The van der Waals surface area contributed by atoms with E-state index < -0.39 is 10.0 Å². The Morgan fingerprint density at radius 2 is 1.55 bits per heavy atom. The number of benzene rings is 2. The summed E-state index contributed by atoms with van der Waals surface area (Å²) in [5.74, 6) is 3.09. The molecule has 0 saturated carbocycles. The molecule has 0 spiro atoms. The predicted octanol–water partition coefficient (Wildman–Crippen LogP) is 3.10. The van der Waals surface area contributed by atoms with Gasteiger partial charge in [0, 0.05) is 32.2 Å². The molecule has 0 amide bonds. The van der Waals surface area contributed by atoms with Gasteiger partial charge in [0.25, 0.3) is 0 Å². The van der Waals surface area contributed by atoms with Gasteiger partial charge in [-0.25, -0.2) is 13.4 Å². The molecule has 9 heteroatoms. The first-order valence-electron chi connectivity index (χ1n) is 9.93. The van der Waals surface area contributed by atoms with Crippen molar-refractivity contribution in [2.24, 2.45) is 0 Å². The van der Waals surface area contributed by atoms with Crippen molar-refractivity contribution in [2.45, 2.75) is 11.8 Å². The van der Waals surface area contributed by atoms with E-state index in [-0.39, 0.29) is 4.90 Å². The van der Waals surface area contributed by atoms with E-state index in [1.54, 1.807) is 37.4 Å². The summed E-state index contributed by atoms with van der Waals surface area (Å²) in [4.78, 5) is 11.2. The van der Waals surface area contributed by atoms with Gasteiger partial charge in [0.2, 0.25) is 15.9 Å². The third-order valence-corrected chi connectivity index (χ3v) is 6.94. The molecule has 0 radical (unpaired) electrons. The maximum Gasteiger partial charge on any atom is 0.243 e. The summed E-state index contributed by atoms with van der Waals surface area (Å²) >= 11 is 0. The van der Waals surface area contributed by atoms with E-state index in [0.29, 0.717) is 49.4 Å². The number of nitrogens with zero attached hydrogens (tertiary/aromatic N) is 4. The van der Waals surface area contributed by atoms with Crippen LogP contribution < -0.4 is 14.4 Å². The number of hydrogen-bond acceptors (Lipinski definition) is 7. The molecule has 2 aromatic carbocycles. The second-order valence-electron chi connectivity index (χ2n) is 7.09. The van der Waals surface area contributed by atoms with Gasteiger partial charge in [-0.05, 0) is 43.3 Å². The van der Waals surface area contributed by atoms with E-state index in [2.05, 4.69) is 9.97 Å². The summed E-state index contributed by atoms with van der Waals surface area (Å²) < 4.78 is 38.4. The van der Waals surface area contributed by atoms with Crippen LogP contribution in [0.1, 0.15) is 5.82 Å². The molecule has 0 bridgehead atoms. The number of anilines is 1. The third-order valence-electron chi connectivity index (χ3n) is 5.03. The molecule has 0 N–H and O–H groups in total. The molecule has 1 aromatic heterocycles. The van der Waals surface area contributed by atoms with Gasteiger partial charge in [0.1, 0.15) is 23.1 Å². The zero-order chi connectivity index (χ0) is 21.8. The van der Waals surface area contributed by atoms with Gasteiger partial charge in [-0.1, -0.05) is 18.2 Å². The maximum absolute atomic E-state index is 13.0. The normalized spacial score (nSPS) is 15.0. The Bertz CT molecular complexity index is 1130. The van der Waals surface area contributed by atoms with Crippen molar-refractivity contribution < 1.29 is 17.9 Å². The van der Waals surface area contributed by atoms with E-state index in [9.17, 15) is 8.42 Å². The second kappa shape index (κ2) is 8.91. The largest absolute Gasteiger partial charge is 0.497 e. The average Bonchev–Trinajstić information content (AvgIpc) is 2.79. The summed E-state index contributed by atoms with van der Waals surface area (Å²) in [6.45, 7) is 3.59. The zero-order valence-electron chi connectivity index (χ0n) is 17.4. The molecule has 31 heavy (non-hydrogen) atoms. The SMILES string of the molecule is COc1ccc(S(=O)(=O)N2CCN(c3cc(Oc4ccccc4)nc(C)n3)CC2)cc1. The Kier molecular flexibility index (Phi) is 6.06. The molecule has 0 atom stereocenters. The maximum atomic E-state index is 13.0. The number of aryl methyl sites for hydroxylation is 1. The highest BCUT2D eigenvalue weighted by atomic mass is 32.2. The quantitative estimate of drug-likeness (QED) is 0.582. The number of hydrogen-bond donors (Lipinski definition) is 0. The predicted molar refractivity (Wildman–Crippen MR) is 117 cm³/mol. The molecule has 1 aliphatic heterocycles. The summed E-state index contributed by atoms with van der Waals surface area (Å²) in [5.41, 5.74) is 0. The molecule has 8 nitrogen and oxygen atoms in total. The minimum absolute atomic E-state index is 0.262. The van der Waals surface area contributed by atoms with Crippen LogP contribution >= 0.6 is 0 Å². The van der Waals surface area contributed by atoms with Gasteiger partial charge in [0.05, 0.1) is 12.0 Å². The number of sulfonamides is 1. The van der Waals surface area contributed by atoms with Crippen LogP contribution in [0.2, 0.25) is 0 Å². The fourth-order valence-corrected chi connectivity index (χ4v) is 4.83. The molecule has 1 saturated heterocycles. The molecule has 1 aliphatic rings. The van der Waals surface area contributed by atoms with E-state index in [1.165, 1.54) is 4.31 Å². The Morgan fingerprint density at radius 3 is 2.19 bits per heavy atom. The first-order chi connectivity index (χ1) is 15.0. The Labute approximate surface area is 182 Å². The molecule has 2 heterocycles. The number of methoxy groups -OCH3 is 1. The number of ether oxygens (including phenoxy) is 2. The van der Waals surface area contributed by atoms with Crippen molar-refractivity contribution in [1.82, 2.24) is 14.3 Å². The highest BCUT2D eigenvalue weighted by Gasteiger charge is 2.29. The lowest BCUT2D eigenvalue weighted by atomic mass is 10.3. The smallest absolute Gasteiger partial charge is 0.243 e. The van der Waals surface area contributed by atoms with E-state index in [1.807, 2.05) is 42.2 Å². The Balaban J connectivity index is 1.45. The lowest BCUT2D eigenvalue weighted by Gasteiger charge is -2.34. The van der Waals surface area contributed by atoms with Crippen molar-refractivity contribution in [3.05, 3.63) is 66.5 Å². The minimum atomic E-state index is -3.56. The highest BCUT2D eigenvalue weighted by Crippen LogP contribution is 2.25. The molecular weight excluding hydrogens is 416 g/mol. The van der Waals surface area contributed by atoms with Gasteiger partial charge in [0.15, 0.2) is 0 Å². The number of aromatic nitrogens is 2. The summed E-state index contributed by atoms with van der Waals surface area (Å²) in [6, 6.07) is 17.7. The van der Waals surface area contributed by atoms with E-state index in [4.69, 9.17) is 9.47 Å². The zero-order valence-corrected chi connectivity index (χ0v) is 18.2. The fraction of sp³-hybridized carbons (Fsp3) is 0.273. The molecule has 1 fully saturated rings. The summed E-state index contributed by atoms with van der Waals surface area (Å²) in [6.07, 6.45) is 0. The van der Waals surface area contributed by atoms with Crippen LogP contribution in [0.25, 0.3) is 0 Å². The van der Waals surface area contributed by atoms with Crippen molar-refractivity contribution in [2.75, 3.05) is 38.2 Å². The van der Waals surface area contributed by atoms with Gasteiger partial charge >= 0.3 is 0 Å². The van der Waals surface area contributed by atoms with Gasteiger partial charge in [-0.2, -0.15) is 9.29 Å². The molecular formula is C22H24N4O4S. The first-order valence-corrected chi connectivity index (χ1v) is 11.4. The van der Waals surface area contributed by atoms with E-state index >= 15 is 0 Å². The number of piperazine rings is 1. The summed E-state index contributed by atoms with van der Waals surface area (Å²) in [7, 11) is -2.01. The van der Waals surface area contributed by atoms with Crippen molar-refractivity contribution in [3.8, 4) is 17.4 Å². The van der Waals surface area contributed by atoms with Crippen LogP contribution in [0.15, 0.2) is 65.6 Å². The van der Waals surface area contributed by atoms with Crippen molar-refractivity contribution in [1.29, 1.82) is 0 Å². The number of para-hydroxylation sites is 1. The van der Waals surface area contributed by atoms with Crippen LogP contribution in [0.3, 0.4) is 0 Å². The first kappa shape index (κ1) is 21.1. The van der Waals surface area contributed by atoms with Crippen LogP contribution in [0.5, 0.6) is 17.4 Å². The highest BCUT2D eigenvalue weighted by molar-refractivity contribution is 7.89. The monoisotopic (exact) mass is 440 g/mol. The minimum Gasteiger partial charge on any atom is -0.497 e. The standard InChI is InChI=1S/C22H24N4O4S/c1-17-23-21(16-22(24-17)30-19-6-4-3-5-7-19)25-12-14-26(15-13-25)31(27,28)20-10-8-18(29-2)9-11-20/h3-11,16H,12-15H2,1-2H3. The van der Waals surface area contributed by atoms with E-state index in [0.717, 1.165) is 5.82 Å². The molecule has 0 aliphatic carbocycles. The molecule has 0 unspecified atom stereocenters. The third kappa shape index (κ3) is 4.78. The second-order valence-corrected chi connectivity index (χ2v) is 9.03. The summed E-state index contributed by atoms with van der Waals surface area (Å²) in [5, 5.41) is 0. The van der Waals surface area contributed by atoms with Gasteiger partial charge < -0.3 is 14.4 Å². The van der Waals surface area contributed by atoms with Crippen LogP contribution in [0.4, 0.5) is 5.82 Å². The topological polar surface area (TPSA) is 84.9 Å². The number of rotatable bonds is 6. The van der Waals surface area contributed by atoms with Gasteiger partial charge in [-0.15, -0.1) is 0 Å². The van der Waals surface area contributed by atoms with Crippen LogP contribution in [0, 0.1) is 6.92 Å². The van der Waals surface area contributed by atoms with Crippen molar-refractivity contribution >= 4 is 15.8 Å². The molecule has 162 valence electrons. The average molecular weight is 441 g/mol. The van der Waals surface area contributed by atoms with Crippen molar-refractivity contribution in [3.63, 3.8) is 0 Å².